The molecule has 0 saturated carbocycles. The molecular formula is C14H19ClN2O. The van der Waals surface area contributed by atoms with Crippen molar-refractivity contribution in [2.75, 3.05) is 26.7 Å². The van der Waals surface area contributed by atoms with Gasteiger partial charge in [0, 0.05) is 18.1 Å². The Morgan fingerprint density at radius 2 is 2.39 bits per heavy atom. The van der Waals surface area contributed by atoms with Crippen molar-refractivity contribution >= 4 is 17.5 Å². The minimum atomic E-state index is 0.0758. The van der Waals surface area contributed by atoms with E-state index in [1.807, 2.05) is 24.3 Å². The van der Waals surface area contributed by atoms with Gasteiger partial charge < -0.3 is 10.2 Å². The molecule has 0 radical (unpaired) electrons. The summed E-state index contributed by atoms with van der Waals surface area (Å²) < 4.78 is 0. The average Bonchev–Trinajstić information content (AvgIpc) is 2.73. The van der Waals surface area contributed by atoms with E-state index < -0.39 is 0 Å². The Morgan fingerprint density at radius 1 is 1.56 bits per heavy atom. The molecule has 1 aromatic rings. The molecule has 3 nitrogen and oxygen atoms in total. The number of amides is 1. The smallest absolute Gasteiger partial charge is 0.224 e. The molecule has 4 heteroatoms. The van der Waals surface area contributed by atoms with Crippen LogP contribution >= 0.6 is 11.6 Å². The van der Waals surface area contributed by atoms with Crippen molar-refractivity contribution in [2.24, 2.45) is 5.92 Å². The lowest BCUT2D eigenvalue weighted by atomic mass is 10.1. The second kappa shape index (κ2) is 6.21. The van der Waals surface area contributed by atoms with Crippen LogP contribution in [0.3, 0.4) is 0 Å². The maximum absolute atomic E-state index is 11.8. The maximum Gasteiger partial charge on any atom is 0.224 e. The van der Waals surface area contributed by atoms with Crippen molar-refractivity contribution < 1.29 is 4.79 Å². The van der Waals surface area contributed by atoms with Crippen molar-refractivity contribution in [3.05, 3.63) is 34.9 Å². The fourth-order valence-electron chi connectivity index (χ4n) is 2.35. The summed E-state index contributed by atoms with van der Waals surface area (Å²) in [5.41, 5.74) is 0.962. The molecule has 1 amide bonds. The van der Waals surface area contributed by atoms with E-state index in [0.29, 0.717) is 17.4 Å². The highest BCUT2D eigenvalue weighted by Crippen LogP contribution is 2.13. The lowest BCUT2D eigenvalue weighted by Gasteiger charge is -2.11. The number of likely N-dealkylation sites (tertiary alicyclic amines) is 1. The molecule has 98 valence electrons. The average molecular weight is 267 g/mol. The summed E-state index contributed by atoms with van der Waals surface area (Å²) in [6.45, 7) is 3.00. The Morgan fingerprint density at radius 3 is 3.06 bits per heavy atom. The number of nitrogens with zero attached hydrogens (tertiary/aromatic N) is 1. The molecule has 2 rings (SSSR count). The highest BCUT2D eigenvalue weighted by Gasteiger charge is 2.19. The maximum atomic E-state index is 11.8. The van der Waals surface area contributed by atoms with Crippen LogP contribution < -0.4 is 5.32 Å². The summed E-state index contributed by atoms with van der Waals surface area (Å²) in [4.78, 5) is 14.1. The third-order valence-electron chi connectivity index (χ3n) is 3.33. The molecule has 1 heterocycles. The number of carbonyl (C=O) groups excluding carboxylic acids is 1. The van der Waals surface area contributed by atoms with Crippen LogP contribution in [0.15, 0.2) is 24.3 Å². The van der Waals surface area contributed by atoms with Crippen molar-refractivity contribution in [1.29, 1.82) is 0 Å². The molecule has 0 spiro atoms. The first kappa shape index (κ1) is 13.4. The molecule has 1 atom stereocenters. The monoisotopic (exact) mass is 266 g/mol. The van der Waals surface area contributed by atoms with Crippen LogP contribution in [0.5, 0.6) is 0 Å². The van der Waals surface area contributed by atoms with Crippen LogP contribution in [-0.4, -0.2) is 37.5 Å². The van der Waals surface area contributed by atoms with Gasteiger partial charge in [0.25, 0.3) is 0 Å². The van der Waals surface area contributed by atoms with Gasteiger partial charge in [0.2, 0.25) is 5.91 Å². The molecular weight excluding hydrogens is 248 g/mol. The number of hydrogen-bond donors (Lipinski definition) is 1. The van der Waals surface area contributed by atoms with Gasteiger partial charge in [0.15, 0.2) is 0 Å². The van der Waals surface area contributed by atoms with E-state index in [4.69, 9.17) is 11.6 Å². The van der Waals surface area contributed by atoms with Gasteiger partial charge in [0.1, 0.15) is 0 Å². The number of hydrogen-bond acceptors (Lipinski definition) is 2. The summed E-state index contributed by atoms with van der Waals surface area (Å²) in [6, 6.07) is 7.45. The first-order chi connectivity index (χ1) is 8.63. The van der Waals surface area contributed by atoms with E-state index in [0.717, 1.165) is 25.2 Å². The largest absolute Gasteiger partial charge is 0.355 e. The van der Waals surface area contributed by atoms with E-state index in [1.54, 1.807) is 0 Å². The zero-order valence-electron chi connectivity index (χ0n) is 10.7. The quantitative estimate of drug-likeness (QED) is 0.904. The molecule has 0 bridgehead atoms. The van der Waals surface area contributed by atoms with Crippen molar-refractivity contribution in [3.8, 4) is 0 Å². The van der Waals surface area contributed by atoms with Crippen LogP contribution in [0.2, 0.25) is 5.02 Å². The summed E-state index contributed by atoms with van der Waals surface area (Å²) in [5, 5.41) is 3.68. The SMILES string of the molecule is CN1CCC(CNC(=O)Cc2cccc(Cl)c2)C1. The molecule has 18 heavy (non-hydrogen) atoms. The highest BCUT2D eigenvalue weighted by atomic mass is 35.5. The number of benzene rings is 1. The summed E-state index contributed by atoms with van der Waals surface area (Å²) in [5.74, 6) is 0.671. The predicted molar refractivity (Wildman–Crippen MR) is 73.8 cm³/mol. The van der Waals surface area contributed by atoms with Crippen LogP contribution in [0.1, 0.15) is 12.0 Å². The number of rotatable bonds is 4. The number of halogens is 1. The zero-order valence-corrected chi connectivity index (χ0v) is 11.4. The minimum absolute atomic E-state index is 0.0758. The van der Waals surface area contributed by atoms with Gasteiger partial charge in [-0.3, -0.25) is 4.79 Å². The second-order valence-electron chi connectivity index (χ2n) is 5.03. The van der Waals surface area contributed by atoms with Gasteiger partial charge in [-0.15, -0.1) is 0 Å². The first-order valence-corrected chi connectivity index (χ1v) is 6.71. The van der Waals surface area contributed by atoms with E-state index in [9.17, 15) is 4.79 Å². The summed E-state index contributed by atoms with van der Waals surface area (Å²) in [6.07, 6.45) is 1.58. The van der Waals surface area contributed by atoms with Crippen LogP contribution in [0, 0.1) is 5.92 Å². The van der Waals surface area contributed by atoms with Gasteiger partial charge in [-0.1, -0.05) is 23.7 Å². The topological polar surface area (TPSA) is 32.3 Å². The van der Waals surface area contributed by atoms with Crippen LogP contribution in [0.25, 0.3) is 0 Å². The molecule has 0 aromatic heterocycles. The molecule has 1 fully saturated rings. The molecule has 1 aromatic carbocycles. The zero-order chi connectivity index (χ0) is 13.0. The van der Waals surface area contributed by atoms with Crippen LogP contribution in [0.4, 0.5) is 0 Å². The third kappa shape index (κ3) is 4.00. The molecule has 1 aliphatic rings. The minimum Gasteiger partial charge on any atom is -0.355 e. The fourth-order valence-corrected chi connectivity index (χ4v) is 2.56. The van der Waals surface area contributed by atoms with Gasteiger partial charge in [-0.2, -0.15) is 0 Å². The third-order valence-corrected chi connectivity index (χ3v) is 3.57. The van der Waals surface area contributed by atoms with Crippen LogP contribution in [-0.2, 0) is 11.2 Å². The fraction of sp³-hybridized carbons (Fsp3) is 0.500. The Bertz CT molecular complexity index is 422. The lowest BCUT2D eigenvalue weighted by molar-refractivity contribution is -0.120. The normalized spacial score (nSPS) is 20.0. The molecule has 1 N–H and O–H groups in total. The highest BCUT2D eigenvalue weighted by molar-refractivity contribution is 6.30. The molecule has 1 aliphatic heterocycles. The predicted octanol–water partition coefficient (Wildman–Crippen LogP) is 1.95. The van der Waals surface area contributed by atoms with Crippen molar-refractivity contribution in [2.45, 2.75) is 12.8 Å². The van der Waals surface area contributed by atoms with Gasteiger partial charge in [-0.25, -0.2) is 0 Å². The standard InChI is InChI=1S/C14H19ClN2O/c1-17-6-5-12(10-17)9-16-14(18)8-11-3-2-4-13(15)7-11/h2-4,7,12H,5-6,8-10H2,1H3,(H,16,18). The van der Waals surface area contributed by atoms with Gasteiger partial charge >= 0.3 is 0 Å². The summed E-state index contributed by atoms with van der Waals surface area (Å²) >= 11 is 5.89. The van der Waals surface area contributed by atoms with Crippen molar-refractivity contribution in [1.82, 2.24) is 10.2 Å². The van der Waals surface area contributed by atoms with Gasteiger partial charge in [-0.05, 0) is 43.6 Å². The Balaban J connectivity index is 1.75. The number of carbonyl (C=O) groups is 1. The van der Waals surface area contributed by atoms with E-state index in [2.05, 4.69) is 17.3 Å². The Hall–Kier alpha value is -1.06. The van der Waals surface area contributed by atoms with E-state index >= 15 is 0 Å². The molecule has 1 unspecified atom stereocenters. The van der Waals surface area contributed by atoms with E-state index in [-0.39, 0.29) is 5.91 Å². The van der Waals surface area contributed by atoms with E-state index in [1.165, 1.54) is 6.42 Å². The van der Waals surface area contributed by atoms with Crippen molar-refractivity contribution in [3.63, 3.8) is 0 Å². The molecule has 1 saturated heterocycles. The number of nitrogens with one attached hydrogen (secondary N) is 1. The Labute approximate surface area is 113 Å². The molecule has 0 aliphatic carbocycles. The Kier molecular flexibility index (Phi) is 4.61. The second-order valence-corrected chi connectivity index (χ2v) is 5.46. The first-order valence-electron chi connectivity index (χ1n) is 6.33. The lowest BCUT2D eigenvalue weighted by Crippen LogP contribution is -2.31. The van der Waals surface area contributed by atoms with Gasteiger partial charge in [0.05, 0.1) is 6.42 Å². The summed E-state index contributed by atoms with van der Waals surface area (Å²) in [7, 11) is 2.12.